The number of carboxylic acids is 1. The Morgan fingerprint density at radius 2 is 2.00 bits per heavy atom. The van der Waals surface area contributed by atoms with Crippen molar-refractivity contribution in [1.82, 2.24) is 5.32 Å². The van der Waals surface area contributed by atoms with E-state index >= 15 is 0 Å². The van der Waals surface area contributed by atoms with Crippen molar-refractivity contribution in [2.75, 3.05) is 11.5 Å². The molecule has 1 amide bonds. The van der Waals surface area contributed by atoms with Crippen LogP contribution in [0.2, 0.25) is 0 Å². The van der Waals surface area contributed by atoms with Gasteiger partial charge in [-0.2, -0.15) is 11.8 Å². The van der Waals surface area contributed by atoms with Gasteiger partial charge in [0.25, 0.3) is 0 Å². The zero-order valence-electron chi connectivity index (χ0n) is 10.4. The molecule has 0 rings (SSSR count). The summed E-state index contributed by atoms with van der Waals surface area (Å²) in [7, 11) is 0. The molecule has 0 saturated carbocycles. The predicted octanol–water partition coefficient (Wildman–Crippen LogP) is 1.75. The molecule has 16 heavy (non-hydrogen) atoms. The lowest BCUT2D eigenvalue weighted by molar-refractivity contribution is -0.148. The Kier molecular flexibility index (Phi) is 6.48. The lowest BCUT2D eigenvalue weighted by atomic mass is 9.88. The Morgan fingerprint density at radius 3 is 2.38 bits per heavy atom. The summed E-state index contributed by atoms with van der Waals surface area (Å²) in [5, 5.41) is 11.7. The highest BCUT2D eigenvalue weighted by Gasteiger charge is 2.37. The fraction of sp³-hybridized carbons (Fsp3) is 0.818. The van der Waals surface area contributed by atoms with Gasteiger partial charge < -0.3 is 10.4 Å². The third kappa shape index (κ3) is 4.43. The summed E-state index contributed by atoms with van der Waals surface area (Å²) < 4.78 is 0. The van der Waals surface area contributed by atoms with Crippen molar-refractivity contribution < 1.29 is 14.7 Å². The SMILES string of the molecule is CCCSCC(=O)NC(C)(C(=O)O)C(C)C. The van der Waals surface area contributed by atoms with Crippen LogP contribution in [0.25, 0.3) is 0 Å². The van der Waals surface area contributed by atoms with E-state index in [4.69, 9.17) is 5.11 Å². The van der Waals surface area contributed by atoms with Gasteiger partial charge in [0, 0.05) is 0 Å². The van der Waals surface area contributed by atoms with Crippen molar-refractivity contribution in [2.45, 2.75) is 39.7 Å². The number of rotatable bonds is 7. The molecule has 0 heterocycles. The average molecular weight is 247 g/mol. The molecule has 5 heteroatoms. The molecular weight excluding hydrogens is 226 g/mol. The lowest BCUT2D eigenvalue weighted by Crippen LogP contribution is -2.56. The largest absolute Gasteiger partial charge is 0.480 e. The molecule has 4 nitrogen and oxygen atoms in total. The van der Waals surface area contributed by atoms with E-state index in [1.807, 2.05) is 6.92 Å². The van der Waals surface area contributed by atoms with E-state index in [1.54, 1.807) is 20.8 Å². The second-order valence-electron chi connectivity index (χ2n) is 4.26. The number of hydrogen-bond acceptors (Lipinski definition) is 3. The van der Waals surface area contributed by atoms with E-state index in [0.717, 1.165) is 12.2 Å². The number of amides is 1. The fourth-order valence-electron chi connectivity index (χ4n) is 1.08. The molecule has 0 aromatic rings. The zero-order valence-corrected chi connectivity index (χ0v) is 11.2. The molecule has 0 radical (unpaired) electrons. The maximum Gasteiger partial charge on any atom is 0.329 e. The summed E-state index contributed by atoms with van der Waals surface area (Å²) in [6, 6.07) is 0. The average Bonchev–Trinajstić information content (AvgIpc) is 2.17. The molecule has 0 aliphatic carbocycles. The van der Waals surface area contributed by atoms with Gasteiger partial charge in [0.1, 0.15) is 5.54 Å². The molecule has 0 aliphatic rings. The first kappa shape index (κ1) is 15.3. The van der Waals surface area contributed by atoms with Crippen LogP contribution in [-0.4, -0.2) is 34.0 Å². The van der Waals surface area contributed by atoms with Crippen molar-refractivity contribution in [1.29, 1.82) is 0 Å². The fourth-order valence-corrected chi connectivity index (χ4v) is 1.77. The highest BCUT2D eigenvalue weighted by molar-refractivity contribution is 7.99. The highest BCUT2D eigenvalue weighted by atomic mass is 32.2. The van der Waals surface area contributed by atoms with Gasteiger partial charge in [-0.1, -0.05) is 20.8 Å². The summed E-state index contributed by atoms with van der Waals surface area (Å²) in [6.07, 6.45) is 1.01. The first-order chi connectivity index (χ1) is 7.34. The quantitative estimate of drug-likeness (QED) is 0.673. The summed E-state index contributed by atoms with van der Waals surface area (Å²) in [5.41, 5.74) is -1.18. The Labute approximate surface area is 101 Å². The first-order valence-electron chi connectivity index (χ1n) is 5.46. The summed E-state index contributed by atoms with van der Waals surface area (Å²) >= 11 is 1.52. The van der Waals surface area contributed by atoms with E-state index in [-0.39, 0.29) is 11.8 Å². The molecule has 0 saturated heterocycles. The van der Waals surface area contributed by atoms with Crippen molar-refractivity contribution >= 4 is 23.6 Å². The second-order valence-corrected chi connectivity index (χ2v) is 5.37. The van der Waals surface area contributed by atoms with Gasteiger partial charge in [0.2, 0.25) is 5.91 Å². The predicted molar refractivity (Wildman–Crippen MR) is 66.6 cm³/mol. The number of carboxylic acid groups (broad SMARTS) is 1. The van der Waals surface area contributed by atoms with Crippen LogP contribution >= 0.6 is 11.8 Å². The van der Waals surface area contributed by atoms with Crippen molar-refractivity contribution in [3.63, 3.8) is 0 Å². The van der Waals surface area contributed by atoms with Crippen LogP contribution in [0.3, 0.4) is 0 Å². The minimum Gasteiger partial charge on any atom is -0.480 e. The molecule has 0 aromatic carbocycles. The highest BCUT2D eigenvalue weighted by Crippen LogP contribution is 2.17. The normalized spacial score (nSPS) is 14.6. The number of nitrogens with one attached hydrogen (secondary N) is 1. The third-order valence-electron chi connectivity index (χ3n) is 2.58. The van der Waals surface area contributed by atoms with Gasteiger partial charge in [-0.15, -0.1) is 0 Å². The van der Waals surface area contributed by atoms with Crippen LogP contribution in [0.1, 0.15) is 34.1 Å². The molecule has 0 bridgehead atoms. The van der Waals surface area contributed by atoms with Gasteiger partial charge in [0.15, 0.2) is 0 Å². The summed E-state index contributed by atoms with van der Waals surface area (Å²) in [5.74, 6) is -0.110. The van der Waals surface area contributed by atoms with Crippen LogP contribution < -0.4 is 5.32 Å². The number of hydrogen-bond donors (Lipinski definition) is 2. The molecule has 2 N–H and O–H groups in total. The van der Waals surface area contributed by atoms with E-state index in [0.29, 0.717) is 5.75 Å². The van der Waals surface area contributed by atoms with E-state index in [2.05, 4.69) is 5.32 Å². The number of thioether (sulfide) groups is 1. The van der Waals surface area contributed by atoms with Crippen LogP contribution in [0, 0.1) is 5.92 Å². The van der Waals surface area contributed by atoms with Gasteiger partial charge in [0.05, 0.1) is 5.75 Å². The topological polar surface area (TPSA) is 66.4 Å². The minimum atomic E-state index is -1.18. The molecule has 0 fully saturated rings. The Bertz CT molecular complexity index is 256. The third-order valence-corrected chi connectivity index (χ3v) is 3.74. The maximum atomic E-state index is 11.5. The molecule has 0 aliphatic heterocycles. The first-order valence-corrected chi connectivity index (χ1v) is 6.62. The Hall–Kier alpha value is -0.710. The summed E-state index contributed by atoms with van der Waals surface area (Å²) in [4.78, 5) is 22.7. The molecule has 0 aromatic heterocycles. The minimum absolute atomic E-state index is 0.148. The van der Waals surface area contributed by atoms with Gasteiger partial charge in [-0.05, 0) is 25.0 Å². The van der Waals surface area contributed by atoms with E-state index in [1.165, 1.54) is 11.8 Å². The van der Waals surface area contributed by atoms with Crippen molar-refractivity contribution in [3.8, 4) is 0 Å². The lowest BCUT2D eigenvalue weighted by Gasteiger charge is -2.30. The van der Waals surface area contributed by atoms with Crippen LogP contribution in [0.4, 0.5) is 0 Å². The monoisotopic (exact) mass is 247 g/mol. The number of carbonyl (C=O) groups is 2. The maximum absolute atomic E-state index is 11.5. The van der Waals surface area contributed by atoms with Crippen LogP contribution in [0.5, 0.6) is 0 Å². The smallest absolute Gasteiger partial charge is 0.329 e. The molecule has 1 unspecified atom stereocenters. The van der Waals surface area contributed by atoms with Gasteiger partial charge >= 0.3 is 5.97 Å². The molecule has 0 spiro atoms. The molecule has 1 atom stereocenters. The van der Waals surface area contributed by atoms with Gasteiger partial charge in [-0.25, -0.2) is 4.79 Å². The Morgan fingerprint density at radius 1 is 1.44 bits per heavy atom. The van der Waals surface area contributed by atoms with Crippen LogP contribution in [0.15, 0.2) is 0 Å². The molecular formula is C11H21NO3S. The number of aliphatic carboxylic acids is 1. The van der Waals surface area contributed by atoms with E-state index < -0.39 is 11.5 Å². The zero-order chi connectivity index (χ0) is 12.8. The van der Waals surface area contributed by atoms with E-state index in [9.17, 15) is 9.59 Å². The van der Waals surface area contributed by atoms with Crippen LogP contribution in [-0.2, 0) is 9.59 Å². The summed E-state index contributed by atoms with van der Waals surface area (Å²) in [6.45, 7) is 7.16. The Balaban J connectivity index is 4.31. The number of carbonyl (C=O) groups excluding carboxylic acids is 1. The van der Waals surface area contributed by atoms with Gasteiger partial charge in [-0.3, -0.25) is 4.79 Å². The molecule has 94 valence electrons. The standard InChI is InChI=1S/C11H21NO3S/c1-5-6-16-7-9(13)12-11(4,8(2)3)10(14)15/h8H,5-7H2,1-4H3,(H,12,13)(H,14,15). The van der Waals surface area contributed by atoms with Crippen molar-refractivity contribution in [2.24, 2.45) is 5.92 Å². The second kappa shape index (κ2) is 6.78. The van der Waals surface area contributed by atoms with Crippen molar-refractivity contribution in [3.05, 3.63) is 0 Å².